The molecule has 0 radical (unpaired) electrons. The van der Waals surface area contributed by atoms with Gasteiger partial charge in [-0.3, -0.25) is 0 Å². The molecule has 0 unspecified atom stereocenters. The maximum atomic E-state index is 5.52. The van der Waals surface area contributed by atoms with Gasteiger partial charge >= 0.3 is 0 Å². The van der Waals surface area contributed by atoms with Crippen molar-refractivity contribution in [3.63, 3.8) is 0 Å². The van der Waals surface area contributed by atoms with Gasteiger partial charge in [-0.05, 0) is 97.9 Å². The van der Waals surface area contributed by atoms with Crippen LogP contribution in [0.4, 0.5) is 17.1 Å². The molecule has 2 aliphatic rings. The average molecular weight is 802 g/mol. The fourth-order valence-corrected chi connectivity index (χ4v) is 10.8. The predicted molar refractivity (Wildman–Crippen MR) is 260 cm³/mol. The van der Waals surface area contributed by atoms with Crippen LogP contribution < -0.4 is 4.90 Å². The van der Waals surface area contributed by atoms with E-state index in [9.17, 15) is 0 Å². The molecule has 0 saturated carbocycles. The molecule has 0 N–H and O–H groups in total. The van der Waals surface area contributed by atoms with Gasteiger partial charge < -0.3 is 4.90 Å². The molecule has 2 heterocycles. The molecular formula is C60H39N3. The highest BCUT2D eigenvalue weighted by Crippen LogP contribution is 2.63. The molecule has 3 nitrogen and oxygen atoms in total. The molecule has 2 aromatic heterocycles. The van der Waals surface area contributed by atoms with Crippen LogP contribution in [0.3, 0.4) is 0 Å². The Morgan fingerprint density at radius 1 is 0.365 bits per heavy atom. The van der Waals surface area contributed by atoms with Gasteiger partial charge in [-0.1, -0.05) is 194 Å². The SMILES string of the molecule is c1ccc(-c2nn3c(-c4ccccc4)cc4ccc(N(c5ccccc5)c5ccc6c(c5)C5(c7ccccc7-c7ccccc75)c5ccccc5-6)cc4c3c2-c2ccccc2)cc1. The largest absolute Gasteiger partial charge is 0.310 e. The first-order valence-electron chi connectivity index (χ1n) is 21.7. The number of benzene rings is 9. The van der Waals surface area contributed by atoms with Crippen molar-refractivity contribution in [2.24, 2.45) is 0 Å². The van der Waals surface area contributed by atoms with Gasteiger partial charge in [-0.2, -0.15) is 5.10 Å². The summed E-state index contributed by atoms with van der Waals surface area (Å²) in [5, 5.41) is 7.80. The maximum absolute atomic E-state index is 5.52. The van der Waals surface area contributed by atoms with Crippen molar-refractivity contribution in [3.8, 4) is 55.9 Å². The summed E-state index contributed by atoms with van der Waals surface area (Å²) in [7, 11) is 0. The van der Waals surface area contributed by atoms with Crippen molar-refractivity contribution in [2.45, 2.75) is 5.41 Å². The highest BCUT2D eigenvalue weighted by atomic mass is 15.2. The second-order valence-corrected chi connectivity index (χ2v) is 16.7. The number of para-hydroxylation sites is 1. The first kappa shape index (κ1) is 35.5. The van der Waals surface area contributed by atoms with Crippen LogP contribution in [-0.4, -0.2) is 9.61 Å². The third kappa shape index (κ3) is 5.17. The molecule has 13 rings (SSSR count). The summed E-state index contributed by atoms with van der Waals surface area (Å²) in [6, 6.07) is 86.3. The summed E-state index contributed by atoms with van der Waals surface area (Å²) in [5.41, 5.74) is 20.8. The van der Waals surface area contributed by atoms with E-state index >= 15 is 0 Å². The topological polar surface area (TPSA) is 20.5 Å². The molecule has 0 aliphatic heterocycles. The molecule has 11 aromatic rings. The number of rotatable bonds is 6. The van der Waals surface area contributed by atoms with Gasteiger partial charge in [-0.25, -0.2) is 4.52 Å². The van der Waals surface area contributed by atoms with Crippen LogP contribution in [0.5, 0.6) is 0 Å². The monoisotopic (exact) mass is 801 g/mol. The van der Waals surface area contributed by atoms with Gasteiger partial charge in [0.05, 0.1) is 16.6 Å². The van der Waals surface area contributed by atoms with E-state index in [4.69, 9.17) is 5.10 Å². The lowest BCUT2D eigenvalue weighted by atomic mass is 9.70. The van der Waals surface area contributed by atoms with E-state index in [0.29, 0.717) is 0 Å². The van der Waals surface area contributed by atoms with E-state index in [0.717, 1.165) is 67.0 Å². The predicted octanol–water partition coefficient (Wildman–Crippen LogP) is 15.3. The molecular weight excluding hydrogens is 763 g/mol. The summed E-state index contributed by atoms with van der Waals surface area (Å²) in [6.45, 7) is 0. The standard InChI is InChI=1S/C60H39N3/c1-5-19-40(20-6-1)56-37-43-33-34-45(38-51(43)59-57(41-21-7-2-8-22-41)58(61-63(56)59)42-23-9-3-10-24-42)62(44-25-11-4-12-26-44)46-35-36-50-49-29-15-18-32-54(49)60(55(50)39-46)52-30-16-13-27-47(52)48-28-14-17-31-53(48)60/h1-39H. The minimum atomic E-state index is -0.448. The number of nitrogens with zero attached hydrogens (tertiary/aromatic N) is 3. The summed E-state index contributed by atoms with van der Waals surface area (Å²) in [6.07, 6.45) is 0. The van der Waals surface area contributed by atoms with Crippen molar-refractivity contribution in [1.82, 2.24) is 9.61 Å². The Hall–Kier alpha value is -8.27. The third-order valence-corrected chi connectivity index (χ3v) is 13.4. The highest BCUT2D eigenvalue weighted by Gasteiger charge is 2.51. The lowest BCUT2D eigenvalue weighted by molar-refractivity contribution is 0.793. The van der Waals surface area contributed by atoms with Gasteiger partial charge in [0.1, 0.15) is 5.69 Å². The van der Waals surface area contributed by atoms with Crippen LogP contribution in [0, 0.1) is 0 Å². The lowest BCUT2D eigenvalue weighted by Gasteiger charge is -2.32. The van der Waals surface area contributed by atoms with Crippen molar-refractivity contribution >= 4 is 33.4 Å². The molecule has 0 amide bonds. The number of hydrogen-bond donors (Lipinski definition) is 0. The Morgan fingerprint density at radius 3 is 1.44 bits per heavy atom. The average Bonchev–Trinajstić information content (AvgIpc) is 4.00. The Balaban J connectivity index is 1.09. The number of pyridine rings is 1. The quantitative estimate of drug-likeness (QED) is 0.167. The summed E-state index contributed by atoms with van der Waals surface area (Å²) in [4.78, 5) is 2.43. The second kappa shape index (κ2) is 13.9. The lowest BCUT2D eigenvalue weighted by Crippen LogP contribution is -2.26. The van der Waals surface area contributed by atoms with Crippen molar-refractivity contribution in [1.29, 1.82) is 0 Å². The Bertz CT molecular complexity index is 3490. The summed E-state index contributed by atoms with van der Waals surface area (Å²) >= 11 is 0. The molecule has 2 aliphatic carbocycles. The van der Waals surface area contributed by atoms with Gasteiger partial charge in [0, 0.05) is 39.1 Å². The molecule has 63 heavy (non-hydrogen) atoms. The smallest absolute Gasteiger partial charge is 0.101 e. The molecule has 294 valence electrons. The van der Waals surface area contributed by atoms with Crippen LogP contribution in [-0.2, 0) is 5.41 Å². The number of hydrogen-bond acceptors (Lipinski definition) is 2. The van der Waals surface area contributed by atoms with Gasteiger partial charge in [-0.15, -0.1) is 0 Å². The minimum absolute atomic E-state index is 0.448. The Labute approximate surface area is 366 Å². The summed E-state index contributed by atoms with van der Waals surface area (Å²) < 4.78 is 2.18. The Kier molecular flexibility index (Phi) is 7.82. The van der Waals surface area contributed by atoms with E-state index in [1.807, 2.05) is 0 Å². The maximum Gasteiger partial charge on any atom is 0.101 e. The molecule has 0 atom stereocenters. The van der Waals surface area contributed by atoms with Crippen molar-refractivity contribution < 1.29 is 0 Å². The molecule has 0 bridgehead atoms. The Morgan fingerprint density at radius 2 is 0.841 bits per heavy atom. The van der Waals surface area contributed by atoms with Crippen molar-refractivity contribution in [2.75, 3.05) is 4.90 Å². The van der Waals surface area contributed by atoms with E-state index in [1.54, 1.807) is 0 Å². The zero-order valence-electron chi connectivity index (χ0n) is 34.4. The van der Waals surface area contributed by atoms with Crippen LogP contribution in [0.25, 0.3) is 72.2 Å². The number of fused-ring (bicyclic) bond motifs is 13. The van der Waals surface area contributed by atoms with Gasteiger partial charge in [0.15, 0.2) is 0 Å². The van der Waals surface area contributed by atoms with Gasteiger partial charge in [0.2, 0.25) is 0 Å². The zero-order valence-corrected chi connectivity index (χ0v) is 34.4. The second-order valence-electron chi connectivity index (χ2n) is 16.7. The first-order chi connectivity index (χ1) is 31.3. The van der Waals surface area contributed by atoms with E-state index < -0.39 is 5.41 Å². The van der Waals surface area contributed by atoms with Crippen molar-refractivity contribution in [3.05, 3.63) is 259 Å². The van der Waals surface area contributed by atoms with Crippen LogP contribution in [0.15, 0.2) is 237 Å². The molecule has 3 heteroatoms. The fourth-order valence-electron chi connectivity index (χ4n) is 10.8. The third-order valence-electron chi connectivity index (χ3n) is 13.4. The highest BCUT2D eigenvalue weighted by molar-refractivity contribution is 6.10. The van der Waals surface area contributed by atoms with E-state index in [2.05, 4.69) is 246 Å². The number of aromatic nitrogens is 2. The molecule has 0 saturated heterocycles. The minimum Gasteiger partial charge on any atom is -0.310 e. The zero-order chi connectivity index (χ0) is 41.5. The molecule has 1 spiro atoms. The van der Waals surface area contributed by atoms with E-state index in [-0.39, 0.29) is 0 Å². The molecule has 9 aromatic carbocycles. The normalized spacial score (nSPS) is 12.9. The van der Waals surface area contributed by atoms with E-state index in [1.165, 1.54) is 44.5 Å². The first-order valence-corrected chi connectivity index (χ1v) is 21.7. The number of anilines is 3. The summed E-state index contributed by atoms with van der Waals surface area (Å²) in [5.74, 6) is 0. The molecule has 0 fully saturated rings. The van der Waals surface area contributed by atoms with Gasteiger partial charge in [0.25, 0.3) is 0 Å². The fraction of sp³-hybridized carbons (Fsp3) is 0.0167. The van der Waals surface area contributed by atoms with Crippen LogP contribution >= 0.6 is 0 Å². The van der Waals surface area contributed by atoms with Crippen LogP contribution in [0.2, 0.25) is 0 Å². The van der Waals surface area contributed by atoms with Crippen LogP contribution in [0.1, 0.15) is 22.3 Å².